The first-order chi connectivity index (χ1) is 9.95. The quantitative estimate of drug-likeness (QED) is 0.419. The van der Waals surface area contributed by atoms with Crippen LogP contribution in [0.1, 0.15) is 27.6 Å². The molecule has 0 aliphatic heterocycles. The molecule has 0 bridgehead atoms. The van der Waals surface area contributed by atoms with Crippen LogP contribution in [0.15, 0.2) is 18.2 Å². The topological polar surface area (TPSA) is 117 Å². The van der Waals surface area contributed by atoms with Gasteiger partial charge >= 0.3 is 0 Å². The molecular weight excluding hydrogens is 278 g/mol. The third-order valence-electron chi connectivity index (χ3n) is 2.48. The van der Waals surface area contributed by atoms with Crippen molar-refractivity contribution in [3.63, 3.8) is 0 Å². The Kier molecular flexibility index (Phi) is 6.15. The largest absolute Gasteiger partial charge is 0.507 e. The highest BCUT2D eigenvalue weighted by molar-refractivity contribution is 5.99. The minimum atomic E-state index is -0.618. The van der Waals surface area contributed by atoms with Crippen molar-refractivity contribution in [2.24, 2.45) is 0 Å². The van der Waals surface area contributed by atoms with Gasteiger partial charge in [-0.05, 0) is 18.2 Å². The summed E-state index contributed by atoms with van der Waals surface area (Å²) in [6, 6.07) is 3.89. The van der Waals surface area contributed by atoms with Crippen LogP contribution in [0.25, 0.3) is 0 Å². The monoisotopic (exact) mass is 295 g/mol. The summed E-state index contributed by atoms with van der Waals surface area (Å²) in [5.74, 6) is -1.56. The summed E-state index contributed by atoms with van der Waals surface area (Å²) in [7, 11) is 1.27. The fraction of sp³-hybridized carbons (Fsp3) is 0.308. The van der Waals surface area contributed by atoms with Crippen molar-refractivity contribution in [1.82, 2.24) is 16.1 Å². The Labute approximate surface area is 121 Å². The Bertz CT molecular complexity index is 545. The fourth-order valence-electron chi connectivity index (χ4n) is 1.53. The predicted octanol–water partition coefficient (Wildman–Crippen LogP) is -0.451. The van der Waals surface area contributed by atoms with Crippen LogP contribution in [0.4, 0.5) is 0 Å². The van der Waals surface area contributed by atoms with Gasteiger partial charge in [0.25, 0.3) is 11.8 Å². The van der Waals surface area contributed by atoms with E-state index < -0.39 is 11.8 Å². The molecule has 0 spiro atoms. The average molecular weight is 295 g/mol. The summed E-state index contributed by atoms with van der Waals surface area (Å²) in [5.41, 5.74) is 2.25. The molecule has 0 saturated heterocycles. The minimum absolute atomic E-state index is 0.00773. The number of aromatic hydroxyl groups is 1. The molecule has 21 heavy (non-hydrogen) atoms. The average Bonchev–Trinajstić information content (AvgIpc) is 2.43. The molecule has 0 atom stereocenters. The maximum atomic E-state index is 11.8. The molecule has 8 nitrogen and oxygen atoms in total. The molecule has 3 amide bonds. The van der Waals surface area contributed by atoms with Crippen molar-refractivity contribution >= 4 is 17.7 Å². The zero-order valence-corrected chi connectivity index (χ0v) is 11.7. The number of hydroxylamine groups is 1. The van der Waals surface area contributed by atoms with Crippen molar-refractivity contribution in [2.75, 3.05) is 20.2 Å². The van der Waals surface area contributed by atoms with E-state index in [4.69, 9.17) is 0 Å². The second-order valence-electron chi connectivity index (χ2n) is 4.11. The van der Waals surface area contributed by atoms with Crippen LogP contribution in [0.3, 0.4) is 0 Å². The molecule has 1 rings (SSSR count). The van der Waals surface area contributed by atoms with Gasteiger partial charge in [0.2, 0.25) is 5.91 Å². The van der Waals surface area contributed by atoms with Crippen molar-refractivity contribution < 1.29 is 24.3 Å². The Morgan fingerprint density at radius 3 is 2.38 bits per heavy atom. The Morgan fingerprint density at radius 1 is 1.14 bits per heavy atom. The zero-order chi connectivity index (χ0) is 15.8. The number of nitrogens with one attached hydrogen (secondary N) is 3. The van der Waals surface area contributed by atoms with Crippen molar-refractivity contribution in [2.45, 2.75) is 6.92 Å². The van der Waals surface area contributed by atoms with Crippen LogP contribution in [-0.4, -0.2) is 43.0 Å². The molecule has 8 heteroatoms. The first-order valence-corrected chi connectivity index (χ1v) is 6.14. The lowest BCUT2D eigenvalue weighted by Crippen LogP contribution is -2.33. The first-order valence-electron chi connectivity index (χ1n) is 6.14. The lowest BCUT2D eigenvalue weighted by Gasteiger charge is -2.08. The molecule has 1 aromatic rings. The third kappa shape index (κ3) is 5.11. The fourth-order valence-corrected chi connectivity index (χ4v) is 1.53. The number of rotatable bonds is 6. The second-order valence-corrected chi connectivity index (χ2v) is 4.11. The van der Waals surface area contributed by atoms with E-state index in [0.717, 1.165) is 0 Å². The van der Waals surface area contributed by atoms with Crippen LogP contribution >= 0.6 is 0 Å². The molecule has 0 heterocycles. The third-order valence-corrected chi connectivity index (χ3v) is 2.48. The van der Waals surface area contributed by atoms with Gasteiger partial charge in [0, 0.05) is 25.6 Å². The van der Waals surface area contributed by atoms with Gasteiger partial charge in [-0.2, -0.15) is 0 Å². The number of phenols is 1. The molecular formula is C13H17N3O5. The highest BCUT2D eigenvalue weighted by atomic mass is 16.6. The molecule has 0 saturated carbocycles. The molecule has 0 fully saturated rings. The highest BCUT2D eigenvalue weighted by Crippen LogP contribution is 2.18. The van der Waals surface area contributed by atoms with E-state index in [0.29, 0.717) is 6.54 Å². The Morgan fingerprint density at radius 2 is 1.81 bits per heavy atom. The first kappa shape index (κ1) is 16.4. The molecule has 0 aliphatic rings. The molecule has 0 aliphatic carbocycles. The van der Waals surface area contributed by atoms with Crippen molar-refractivity contribution in [3.05, 3.63) is 29.3 Å². The van der Waals surface area contributed by atoms with Gasteiger partial charge in [0.1, 0.15) is 5.75 Å². The van der Waals surface area contributed by atoms with Crippen LogP contribution in [0, 0.1) is 0 Å². The van der Waals surface area contributed by atoms with Gasteiger partial charge in [-0.25, -0.2) is 5.48 Å². The second kappa shape index (κ2) is 7.85. The predicted molar refractivity (Wildman–Crippen MR) is 73.6 cm³/mol. The maximum Gasteiger partial charge on any atom is 0.278 e. The number of amides is 3. The number of carbonyl (C=O) groups excluding carboxylic acids is 3. The van der Waals surface area contributed by atoms with Crippen LogP contribution < -0.4 is 16.1 Å². The van der Waals surface area contributed by atoms with E-state index in [-0.39, 0.29) is 29.3 Å². The van der Waals surface area contributed by atoms with E-state index in [2.05, 4.69) is 21.0 Å². The standard InChI is InChI=1S/C13H17N3O5/c1-8(17)14-5-6-15-12(19)9-3-4-10(11(18)7-9)13(20)16-21-2/h3-4,7,18H,5-6H2,1-2H3,(H,14,17)(H,15,19)(H,16,20). The number of hydrogen-bond donors (Lipinski definition) is 4. The lowest BCUT2D eigenvalue weighted by molar-refractivity contribution is -0.118. The Balaban J connectivity index is 2.63. The molecule has 4 N–H and O–H groups in total. The number of hydrogen-bond acceptors (Lipinski definition) is 5. The summed E-state index contributed by atoms with van der Waals surface area (Å²) in [4.78, 5) is 38.4. The summed E-state index contributed by atoms with van der Waals surface area (Å²) in [6.45, 7) is 1.94. The van der Waals surface area contributed by atoms with E-state index in [1.807, 2.05) is 0 Å². The van der Waals surface area contributed by atoms with Gasteiger partial charge in [-0.1, -0.05) is 0 Å². The molecule has 0 unspecified atom stereocenters. The molecule has 114 valence electrons. The smallest absolute Gasteiger partial charge is 0.278 e. The summed E-state index contributed by atoms with van der Waals surface area (Å²) in [6.07, 6.45) is 0. The van der Waals surface area contributed by atoms with Crippen LogP contribution in [0.2, 0.25) is 0 Å². The van der Waals surface area contributed by atoms with E-state index in [1.165, 1.54) is 32.2 Å². The van der Waals surface area contributed by atoms with E-state index >= 15 is 0 Å². The minimum Gasteiger partial charge on any atom is -0.507 e. The molecule has 0 radical (unpaired) electrons. The van der Waals surface area contributed by atoms with Gasteiger partial charge < -0.3 is 15.7 Å². The van der Waals surface area contributed by atoms with Crippen molar-refractivity contribution in [1.29, 1.82) is 0 Å². The zero-order valence-electron chi connectivity index (χ0n) is 11.7. The lowest BCUT2D eigenvalue weighted by atomic mass is 10.1. The summed E-state index contributed by atoms with van der Waals surface area (Å²) < 4.78 is 0. The highest BCUT2D eigenvalue weighted by Gasteiger charge is 2.14. The van der Waals surface area contributed by atoms with Gasteiger partial charge in [0.05, 0.1) is 12.7 Å². The SMILES string of the molecule is CONC(=O)c1ccc(C(=O)NCCNC(C)=O)cc1O. The van der Waals surface area contributed by atoms with Crippen LogP contribution in [0.5, 0.6) is 5.75 Å². The van der Waals surface area contributed by atoms with Crippen molar-refractivity contribution in [3.8, 4) is 5.75 Å². The van der Waals surface area contributed by atoms with Gasteiger partial charge in [-0.3, -0.25) is 19.2 Å². The normalized spacial score (nSPS) is 9.81. The number of benzene rings is 1. The van der Waals surface area contributed by atoms with Crippen LogP contribution in [-0.2, 0) is 9.63 Å². The molecule has 0 aromatic heterocycles. The summed E-state index contributed by atoms with van der Waals surface area (Å²) in [5, 5.41) is 14.8. The van der Waals surface area contributed by atoms with Gasteiger partial charge in [-0.15, -0.1) is 0 Å². The Hall–Kier alpha value is -2.61. The molecule has 1 aromatic carbocycles. The maximum absolute atomic E-state index is 11.8. The number of carbonyl (C=O) groups is 3. The summed E-state index contributed by atoms with van der Waals surface area (Å²) >= 11 is 0. The number of phenolic OH excluding ortho intramolecular Hbond substituents is 1. The van der Waals surface area contributed by atoms with Gasteiger partial charge in [0.15, 0.2) is 0 Å². The van der Waals surface area contributed by atoms with E-state index in [1.54, 1.807) is 0 Å². The van der Waals surface area contributed by atoms with E-state index in [9.17, 15) is 19.5 Å².